The summed E-state index contributed by atoms with van der Waals surface area (Å²) in [6, 6.07) is 9.67. The number of rotatable bonds is 2. The maximum atomic E-state index is 10.4. The van der Waals surface area contributed by atoms with Gasteiger partial charge >= 0.3 is 0 Å². The first-order valence-electron chi connectivity index (χ1n) is 5.70. The zero-order valence-corrected chi connectivity index (χ0v) is 10.7. The van der Waals surface area contributed by atoms with Gasteiger partial charge < -0.3 is 5.11 Å². The van der Waals surface area contributed by atoms with Crippen LogP contribution in [0.4, 0.5) is 0 Å². The van der Waals surface area contributed by atoms with Gasteiger partial charge in [-0.15, -0.1) is 11.3 Å². The van der Waals surface area contributed by atoms with Crippen molar-refractivity contribution in [3.8, 4) is 0 Å². The Balaban J connectivity index is 2.14. The highest BCUT2D eigenvalue weighted by molar-refractivity contribution is 7.11. The predicted molar refractivity (Wildman–Crippen MR) is 72.7 cm³/mol. The Hall–Kier alpha value is -1.78. The minimum absolute atomic E-state index is 0.635. The van der Waals surface area contributed by atoms with Gasteiger partial charge in [-0.25, -0.2) is 4.98 Å². The third kappa shape index (κ3) is 1.89. The van der Waals surface area contributed by atoms with Crippen LogP contribution in [0.2, 0.25) is 0 Å². The third-order valence-corrected chi connectivity index (χ3v) is 3.85. The van der Waals surface area contributed by atoms with Crippen LogP contribution in [0.25, 0.3) is 10.9 Å². The van der Waals surface area contributed by atoms with Gasteiger partial charge in [-0.2, -0.15) is 0 Å². The first-order chi connectivity index (χ1) is 8.75. The van der Waals surface area contributed by atoms with Crippen LogP contribution in [-0.2, 0) is 0 Å². The van der Waals surface area contributed by atoms with Crippen LogP contribution < -0.4 is 0 Å². The Labute approximate surface area is 109 Å². The van der Waals surface area contributed by atoms with Gasteiger partial charge in [-0.1, -0.05) is 18.2 Å². The average Bonchev–Trinajstić information content (AvgIpc) is 2.84. The molecule has 2 heterocycles. The third-order valence-electron chi connectivity index (χ3n) is 2.88. The maximum absolute atomic E-state index is 10.4. The van der Waals surface area contributed by atoms with Crippen molar-refractivity contribution in [1.82, 2.24) is 9.97 Å². The van der Waals surface area contributed by atoms with Crippen LogP contribution in [0, 0.1) is 6.92 Å². The van der Waals surface area contributed by atoms with Crippen LogP contribution >= 0.6 is 11.3 Å². The molecule has 1 atom stereocenters. The highest BCUT2D eigenvalue weighted by Crippen LogP contribution is 2.30. The number of hydrogen-bond acceptors (Lipinski definition) is 4. The minimum atomic E-state index is -0.635. The summed E-state index contributed by atoms with van der Waals surface area (Å²) in [6.45, 7) is 1.94. The van der Waals surface area contributed by atoms with Gasteiger partial charge in [0.05, 0.1) is 15.4 Å². The second-order valence-electron chi connectivity index (χ2n) is 4.10. The Morgan fingerprint density at radius 3 is 2.83 bits per heavy atom. The number of aromatic nitrogens is 2. The number of nitrogens with zero attached hydrogens (tertiary/aromatic N) is 2. The number of aryl methyl sites for hydroxylation is 1. The number of aliphatic hydroxyl groups is 1. The maximum Gasteiger partial charge on any atom is 0.115 e. The molecule has 0 saturated heterocycles. The molecule has 0 spiro atoms. The SMILES string of the molecule is Cc1ncc(C(O)c2cccc3ncccc23)s1. The van der Waals surface area contributed by atoms with Crippen LogP contribution in [0.3, 0.4) is 0 Å². The topological polar surface area (TPSA) is 46.0 Å². The van der Waals surface area contributed by atoms with Gasteiger partial charge in [0.15, 0.2) is 0 Å². The van der Waals surface area contributed by atoms with Crippen molar-refractivity contribution in [2.24, 2.45) is 0 Å². The molecule has 1 unspecified atom stereocenters. The smallest absolute Gasteiger partial charge is 0.115 e. The number of hydrogen-bond donors (Lipinski definition) is 1. The normalized spacial score (nSPS) is 12.8. The fraction of sp³-hybridized carbons (Fsp3) is 0.143. The van der Waals surface area contributed by atoms with Crippen molar-refractivity contribution in [3.05, 3.63) is 58.2 Å². The Bertz CT molecular complexity index is 688. The van der Waals surface area contributed by atoms with Crippen molar-refractivity contribution in [3.63, 3.8) is 0 Å². The molecule has 0 aliphatic carbocycles. The van der Waals surface area contributed by atoms with E-state index in [1.807, 2.05) is 37.3 Å². The van der Waals surface area contributed by atoms with Crippen LogP contribution in [0.1, 0.15) is 21.6 Å². The van der Waals surface area contributed by atoms with E-state index in [4.69, 9.17) is 0 Å². The molecule has 3 aromatic rings. The second-order valence-corrected chi connectivity index (χ2v) is 5.37. The molecule has 0 saturated carbocycles. The summed E-state index contributed by atoms with van der Waals surface area (Å²) in [5.74, 6) is 0. The van der Waals surface area contributed by atoms with Crippen molar-refractivity contribution < 1.29 is 5.11 Å². The van der Waals surface area contributed by atoms with Crippen molar-refractivity contribution in [1.29, 1.82) is 0 Å². The van der Waals surface area contributed by atoms with Crippen molar-refractivity contribution in [2.45, 2.75) is 13.0 Å². The van der Waals surface area contributed by atoms with Crippen molar-refractivity contribution in [2.75, 3.05) is 0 Å². The highest BCUT2D eigenvalue weighted by atomic mass is 32.1. The lowest BCUT2D eigenvalue weighted by Crippen LogP contribution is -1.98. The largest absolute Gasteiger partial charge is 0.383 e. The summed E-state index contributed by atoms with van der Waals surface area (Å²) in [5, 5.41) is 12.4. The standard InChI is InChI=1S/C14H12N2OS/c1-9-16-8-13(18-9)14(17)11-4-2-6-12-10(11)5-3-7-15-12/h2-8,14,17H,1H3. The number of fused-ring (bicyclic) bond motifs is 1. The van der Waals surface area contributed by atoms with Gasteiger partial charge in [-0.05, 0) is 24.6 Å². The Kier molecular flexibility index (Phi) is 2.81. The van der Waals surface area contributed by atoms with Crippen LogP contribution in [0.5, 0.6) is 0 Å². The molecule has 4 heteroatoms. The summed E-state index contributed by atoms with van der Waals surface area (Å²) in [4.78, 5) is 9.35. The molecule has 0 amide bonds. The second kappa shape index (κ2) is 4.48. The fourth-order valence-electron chi connectivity index (χ4n) is 2.02. The van der Waals surface area contributed by atoms with Gasteiger partial charge in [0.2, 0.25) is 0 Å². The van der Waals surface area contributed by atoms with Gasteiger partial charge in [0.1, 0.15) is 6.10 Å². The monoisotopic (exact) mass is 256 g/mol. The molecule has 0 radical (unpaired) electrons. The molecular weight excluding hydrogens is 244 g/mol. The van der Waals surface area contributed by atoms with Crippen molar-refractivity contribution >= 4 is 22.2 Å². The summed E-state index contributed by atoms with van der Waals surface area (Å²) in [6.07, 6.45) is 2.86. The molecule has 2 aromatic heterocycles. The Morgan fingerprint density at radius 1 is 1.17 bits per heavy atom. The molecule has 3 nitrogen and oxygen atoms in total. The number of pyridine rings is 1. The summed E-state index contributed by atoms with van der Waals surface area (Å²) in [5.41, 5.74) is 1.78. The van der Waals surface area contributed by atoms with Gasteiger partial charge in [0, 0.05) is 17.8 Å². The van der Waals surface area contributed by atoms with E-state index in [9.17, 15) is 5.11 Å². The number of aliphatic hydroxyl groups excluding tert-OH is 1. The molecule has 0 bridgehead atoms. The lowest BCUT2D eigenvalue weighted by molar-refractivity contribution is 0.225. The van der Waals surface area contributed by atoms with Gasteiger partial charge in [-0.3, -0.25) is 4.98 Å². The van der Waals surface area contributed by atoms with E-state index in [1.165, 1.54) is 11.3 Å². The van der Waals surface area contributed by atoms with E-state index in [2.05, 4.69) is 9.97 Å². The minimum Gasteiger partial charge on any atom is -0.383 e. The zero-order chi connectivity index (χ0) is 12.5. The van der Waals surface area contributed by atoms with E-state index in [0.29, 0.717) is 0 Å². The fourth-order valence-corrected chi connectivity index (χ4v) is 2.81. The first kappa shape index (κ1) is 11.3. The lowest BCUT2D eigenvalue weighted by Gasteiger charge is -2.11. The van der Waals surface area contributed by atoms with E-state index >= 15 is 0 Å². The molecule has 1 N–H and O–H groups in total. The molecule has 1 aromatic carbocycles. The first-order valence-corrected chi connectivity index (χ1v) is 6.51. The highest BCUT2D eigenvalue weighted by Gasteiger charge is 2.15. The predicted octanol–water partition coefficient (Wildman–Crippen LogP) is 3.08. The molecule has 0 fully saturated rings. The van der Waals surface area contributed by atoms with E-state index in [1.54, 1.807) is 12.4 Å². The van der Waals surface area contributed by atoms with Crippen LogP contribution in [0.15, 0.2) is 42.7 Å². The van der Waals surface area contributed by atoms with E-state index < -0.39 is 6.10 Å². The average molecular weight is 256 g/mol. The molecule has 0 aliphatic rings. The quantitative estimate of drug-likeness (QED) is 0.766. The molecular formula is C14H12N2OS. The molecule has 18 heavy (non-hydrogen) atoms. The summed E-state index contributed by atoms with van der Waals surface area (Å²) < 4.78 is 0. The van der Waals surface area contributed by atoms with Crippen LogP contribution in [-0.4, -0.2) is 15.1 Å². The summed E-state index contributed by atoms with van der Waals surface area (Å²) >= 11 is 1.52. The summed E-state index contributed by atoms with van der Waals surface area (Å²) in [7, 11) is 0. The molecule has 0 aliphatic heterocycles. The van der Waals surface area contributed by atoms with E-state index in [0.717, 1.165) is 26.4 Å². The zero-order valence-electron chi connectivity index (χ0n) is 9.87. The molecule has 3 rings (SSSR count). The van der Waals surface area contributed by atoms with Gasteiger partial charge in [0.25, 0.3) is 0 Å². The van der Waals surface area contributed by atoms with E-state index in [-0.39, 0.29) is 0 Å². The molecule has 90 valence electrons. The Morgan fingerprint density at radius 2 is 2.06 bits per heavy atom. The lowest BCUT2D eigenvalue weighted by atomic mass is 10.0. The number of thiazole rings is 1. The number of benzene rings is 1.